The van der Waals surface area contributed by atoms with Gasteiger partial charge in [0.2, 0.25) is 10.0 Å². The summed E-state index contributed by atoms with van der Waals surface area (Å²) in [7, 11) is -1.75. The molecule has 0 aromatic heterocycles. The van der Waals surface area contributed by atoms with Crippen molar-refractivity contribution >= 4 is 15.9 Å². The SMILES string of the molecule is CCN(CC)S(=O)(=O)c1ccc(C)c(C(=O)N(C)C2CCN(C(C)C)CC2)c1. The molecule has 0 unspecified atom stereocenters. The molecule has 0 radical (unpaired) electrons. The van der Waals surface area contributed by atoms with E-state index in [1.165, 1.54) is 4.31 Å². The molecule has 2 rings (SSSR count). The number of amides is 1. The fraction of sp³-hybridized carbons (Fsp3) is 0.667. The minimum absolute atomic E-state index is 0.0999. The van der Waals surface area contributed by atoms with Crippen molar-refractivity contribution in [3.8, 4) is 0 Å². The van der Waals surface area contributed by atoms with Crippen LogP contribution < -0.4 is 0 Å². The van der Waals surface area contributed by atoms with Crippen LogP contribution in [0.5, 0.6) is 0 Å². The minimum Gasteiger partial charge on any atom is -0.339 e. The summed E-state index contributed by atoms with van der Waals surface area (Å²) in [5, 5.41) is 0. The second kappa shape index (κ2) is 9.37. The smallest absolute Gasteiger partial charge is 0.254 e. The number of carbonyl (C=O) groups excluding carboxylic acids is 1. The average molecular weight is 410 g/mol. The van der Waals surface area contributed by atoms with E-state index in [-0.39, 0.29) is 16.8 Å². The van der Waals surface area contributed by atoms with Gasteiger partial charge in [-0.25, -0.2) is 8.42 Å². The molecule has 28 heavy (non-hydrogen) atoms. The number of nitrogens with zero attached hydrogens (tertiary/aromatic N) is 3. The van der Waals surface area contributed by atoms with Crippen LogP contribution in [0.25, 0.3) is 0 Å². The largest absolute Gasteiger partial charge is 0.339 e. The van der Waals surface area contributed by atoms with Crippen molar-refractivity contribution in [3.63, 3.8) is 0 Å². The summed E-state index contributed by atoms with van der Waals surface area (Å²) >= 11 is 0. The number of hydrogen-bond donors (Lipinski definition) is 0. The first-order valence-corrected chi connectivity index (χ1v) is 11.7. The average Bonchev–Trinajstić information content (AvgIpc) is 2.67. The Morgan fingerprint density at radius 3 is 2.25 bits per heavy atom. The second-order valence-corrected chi connectivity index (χ2v) is 9.78. The Labute approximate surface area is 170 Å². The first-order valence-electron chi connectivity index (χ1n) is 10.2. The van der Waals surface area contributed by atoms with Crippen LogP contribution in [0.3, 0.4) is 0 Å². The van der Waals surface area contributed by atoms with E-state index in [2.05, 4.69) is 18.7 Å². The predicted octanol–water partition coefficient (Wildman–Crippen LogP) is 2.97. The molecule has 1 aromatic carbocycles. The Morgan fingerprint density at radius 2 is 1.75 bits per heavy atom. The molecule has 1 fully saturated rings. The van der Waals surface area contributed by atoms with Crippen LogP contribution in [0, 0.1) is 6.92 Å². The van der Waals surface area contributed by atoms with Gasteiger partial charge in [-0.3, -0.25) is 4.79 Å². The molecule has 0 N–H and O–H groups in total. The summed E-state index contributed by atoms with van der Waals surface area (Å²) in [4.78, 5) is 17.6. The van der Waals surface area contributed by atoms with Crippen molar-refractivity contribution in [1.29, 1.82) is 0 Å². The van der Waals surface area contributed by atoms with E-state index < -0.39 is 10.0 Å². The number of piperidine rings is 1. The summed E-state index contributed by atoms with van der Waals surface area (Å²) in [6, 6.07) is 5.58. The van der Waals surface area contributed by atoms with Crippen LogP contribution in [-0.4, -0.2) is 73.7 Å². The van der Waals surface area contributed by atoms with Crippen molar-refractivity contribution in [2.75, 3.05) is 33.2 Å². The highest BCUT2D eigenvalue weighted by molar-refractivity contribution is 7.89. The molecule has 0 saturated carbocycles. The number of rotatable bonds is 7. The van der Waals surface area contributed by atoms with Gasteiger partial charge in [0, 0.05) is 50.9 Å². The predicted molar refractivity (Wildman–Crippen MR) is 113 cm³/mol. The van der Waals surface area contributed by atoms with Gasteiger partial charge in [0.15, 0.2) is 0 Å². The normalized spacial score (nSPS) is 16.7. The second-order valence-electron chi connectivity index (χ2n) is 7.84. The van der Waals surface area contributed by atoms with Crippen molar-refractivity contribution in [3.05, 3.63) is 29.3 Å². The van der Waals surface area contributed by atoms with E-state index in [0.717, 1.165) is 31.5 Å². The van der Waals surface area contributed by atoms with E-state index in [1.807, 2.05) is 27.8 Å². The summed E-state index contributed by atoms with van der Waals surface area (Å²) in [6.07, 6.45) is 1.88. The van der Waals surface area contributed by atoms with Crippen LogP contribution in [0.15, 0.2) is 23.1 Å². The molecule has 1 aliphatic heterocycles. The van der Waals surface area contributed by atoms with Crippen molar-refractivity contribution in [2.24, 2.45) is 0 Å². The van der Waals surface area contributed by atoms with Gasteiger partial charge >= 0.3 is 0 Å². The Bertz CT molecular complexity index is 780. The van der Waals surface area contributed by atoms with Crippen molar-refractivity contribution < 1.29 is 13.2 Å². The Balaban J connectivity index is 2.24. The lowest BCUT2D eigenvalue weighted by molar-refractivity contribution is 0.0614. The number of likely N-dealkylation sites (tertiary alicyclic amines) is 1. The monoisotopic (exact) mass is 409 g/mol. The molecule has 6 nitrogen and oxygen atoms in total. The first kappa shape index (κ1) is 22.8. The quantitative estimate of drug-likeness (QED) is 0.695. The molecule has 7 heteroatoms. The van der Waals surface area contributed by atoms with Gasteiger partial charge in [-0.2, -0.15) is 4.31 Å². The molecular formula is C21H35N3O3S. The number of benzene rings is 1. The zero-order chi connectivity index (χ0) is 21.1. The van der Waals surface area contributed by atoms with E-state index in [0.29, 0.717) is 24.7 Å². The van der Waals surface area contributed by atoms with Gasteiger partial charge in [0.1, 0.15) is 0 Å². The summed E-state index contributed by atoms with van der Waals surface area (Å²) in [6.45, 7) is 12.7. The van der Waals surface area contributed by atoms with E-state index >= 15 is 0 Å². The molecule has 1 saturated heterocycles. The zero-order valence-electron chi connectivity index (χ0n) is 18.1. The third-order valence-electron chi connectivity index (χ3n) is 5.88. The Kier molecular flexibility index (Phi) is 7.65. The topological polar surface area (TPSA) is 60.9 Å². The summed E-state index contributed by atoms with van der Waals surface area (Å²) < 4.78 is 27.1. The maximum atomic E-state index is 13.2. The van der Waals surface area contributed by atoms with Crippen LogP contribution >= 0.6 is 0 Å². The van der Waals surface area contributed by atoms with Crippen molar-refractivity contribution in [1.82, 2.24) is 14.1 Å². The highest BCUT2D eigenvalue weighted by Crippen LogP contribution is 2.23. The minimum atomic E-state index is -3.59. The number of carbonyl (C=O) groups is 1. The fourth-order valence-electron chi connectivity index (χ4n) is 3.85. The summed E-state index contributed by atoms with van der Waals surface area (Å²) in [5.41, 5.74) is 1.27. The van der Waals surface area contributed by atoms with Crippen LogP contribution in [-0.2, 0) is 10.0 Å². The summed E-state index contributed by atoms with van der Waals surface area (Å²) in [5.74, 6) is -0.0999. The van der Waals surface area contributed by atoms with Gasteiger partial charge < -0.3 is 9.80 Å². The molecule has 158 valence electrons. The molecule has 0 bridgehead atoms. The number of aryl methyl sites for hydroxylation is 1. The Morgan fingerprint density at radius 1 is 1.18 bits per heavy atom. The maximum Gasteiger partial charge on any atom is 0.254 e. The van der Waals surface area contributed by atoms with Gasteiger partial charge in [-0.1, -0.05) is 19.9 Å². The molecule has 1 aliphatic rings. The first-order chi connectivity index (χ1) is 13.1. The molecule has 1 amide bonds. The molecule has 1 heterocycles. The number of hydrogen-bond acceptors (Lipinski definition) is 4. The van der Waals surface area contributed by atoms with E-state index in [1.54, 1.807) is 23.1 Å². The number of sulfonamides is 1. The van der Waals surface area contributed by atoms with Crippen LogP contribution in [0.2, 0.25) is 0 Å². The maximum absolute atomic E-state index is 13.2. The molecule has 0 aliphatic carbocycles. The Hall–Kier alpha value is -1.44. The van der Waals surface area contributed by atoms with Gasteiger partial charge in [-0.05, 0) is 51.3 Å². The van der Waals surface area contributed by atoms with Crippen molar-refractivity contribution in [2.45, 2.75) is 64.4 Å². The molecule has 0 spiro atoms. The van der Waals surface area contributed by atoms with Gasteiger partial charge in [0.25, 0.3) is 5.91 Å². The molecule has 1 aromatic rings. The standard InChI is InChI=1S/C21H35N3O3S/c1-7-24(8-2)28(26,27)19-10-9-17(5)20(15-19)21(25)22(6)18-11-13-23(14-12-18)16(3)4/h9-10,15-16,18H,7-8,11-14H2,1-6H3. The van der Waals surface area contributed by atoms with Gasteiger partial charge in [-0.15, -0.1) is 0 Å². The van der Waals surface area contributed by atoms with E-state index in [4.69, 9.17) is 0 Å². The third kappa shape index (κ3) is 4.75. The lowest BCUT2D eigenvalue weighted by Crippen LogP contribution is -2.47. The lowest BCUT2D eigenvalue weighted by atomic mass is 10.0. The zero-order valence-corrected chi connectivity index (χ0v) is 18.9. The van der Waals surface area contributed by atoms with Crippen LogP contribution in [0.4, 0.5) is 0 Å². The highest BCUT2D eigenvalue weighted by Gasteiger charge is 2.29. The molecular weight excluding hydrogens is 374 g/mol. The van der Waals surface area contributed by atoms with Gasteiger partial charge in [0.05, 0.1) is 4.90 Å². The van der Waals surface area contributed by atoms with E-state index in [9.17, 15) is 13.2 Å². The molecule has 0 atom stereocenters. The lowest BCUT2D eigenvalue weighted by Gasteiger charge is -2.38. The fourth-order valence-corrected chi connectivity index (χ4v) is 5.33. The highest BCUT2D eigenvalue weighted by atomic mass is 32.2. The van der Waals surface area contributed by atoms with Crippen LogP contribution in [0.1, 0.15) is 56.5 Å². The third-order valence-corrected chi connectivity index (χ3v) is 7.93.